The monoisotopic (exact) mass is 459 g/mol. The summed E-state index contributed by atoms with van der Waals surface area (Å²) in [5.74, 6) is 1.19. The molecule has 8 heteroatoms. The molecule has 1 aliphatic heterocycles. The van der Waals surface area contributed by atoms with Gasteiger partial charge in [0.25, 0.3) is 5.91 Å². The first-order valence-electron chi connectivity index (χ1n) is 10.6. The molecule has 1 N–H and O–H groups in total. The standard InChI is InChI=1S/C26H21NO7/c1-30-19-9-8-16(14-21(19)31-2)26(29)27-23-17-5-3-4-6-18(17)34-25(23)24(28)15-7-10-20-22(13-15)33-12-11-32-20/h3-10,13-14H,11-12H2,1-2H3,(H,27,29). The second kappa shape index (κ2) is 8.82. The molecule has 8 nitrogen and oxygen atoms in total. The Bertz CT molecular complexity index is 1410. The molecule has 4 aromatic rings. The minimum Gasteiger partial charge on any atom is -0.493 e. The van der Waals surface area contributed by atoms with E-state index in [0.717, 1.165) is 0 Å². The third-order valence-electron chi connectivity index (χ3n) is 5.49. The molecule has 0 unspecified atom stereocenters. The number of amides is 1. The summed E-state index contributed by atoms with van der Waals surface area (Å²) < 4.78 is 27.6. The fourth-order valence-corrected chi connectivity index (χ4v) is 3.81. The van der Waals surface area contributed by atoms with E-state index in [1.807, 2.05) is 6.07 Å². The lowest BCUT2D eigenvalue weighted by atomic mass is 10.1. The number of rotatable bonds is 6. The molecular weight excluding hydrogens is 438 g/mol. The van der Waals surface area contributed by atoms with Crippen LogP contribution in [0.3, 0.4) is 0 Å². The fourth-order valence-electron chi connectivity index (χ4n) is 3.81. The number of hydrogen-bond donors (Lipinski definition) is 1. The summed E-state index contributed by atoms with van der Waals surface area (Å²) in [6.07, 6.45) is 0. The number of para-hydroxylation sites is 1. The number of ether oxygens (including phenoxy) is 4. The zero-order chi connectivity index (χ0) is 23.7. The van der Waals surface area contributed by atoms with Crippen molar-refractivity contribution in [3.8, 4) is 23.0 Å². The van der Waals surface area contributed by atoms with Gasteiger partial charge in [-0.15, -0.1) is 0 Å². The lowest BCUT2D eigenvalue weighted by Gasteiger charge is -2.18. The molecule has 1 aliphatic rings. The van der Waals surface area contributed by atoms with Crippen LogP contribution in [0.5, 0.6) is 23.0 Å². The van der Waals surface area contributed by atoms with Gasteiger partial charge < -0.3 is 28.7 Å². The van der Waals surface area contributed by atoms with E-state index in [1.54, 1.807) is 54.6 Å². The third kappa shape index (κ3) is 3.79. The van der Waals surface area contributed by atoms with Gasteiger partial charge in [0.1, 0.15) is 18.8 Å². The van der Waals surface area contributed by atoms with Crippen LogP contribution in [0.25, 0.3) is 11.0 Å². The van der Waals surface area contributed by atoms with Crippen LogP contribution >= 0.6 is 0 Å². The van der Waals surface area contributed by atoms with E-state index in [0.29, 0.717) is 58.3 Å². The smallest absolute Gasteiger partial charge is 0.255 e. The lowest BCUT2D eigenvalue weighted by molar-refractivity contribution is 0.101. The summed E-state index contributed by atoms with van der Waals surface area (Å²) in [5, 5.41) is 3.45. The number of ketones is 1. The number of furan rings is 1. The highest BCUT2D eigenvalue weighted by Crippen LogP contribution is 2.36. The van der Waals surface area contributed by atoms with E-state index in [-0.39, 0.29) is 11.4 Å². The van der Waals surface area contributed by atoms with Gasteiger partial charge in [-0.2, -0.15) is 0 Å². The predicted octanol–water partition coefficient (Wildman–Crippen LogP) is 4.70. The Morgan fingerprint density at radius 3 is 2.35 bits per heavy atom. The fraction of sp³-hybridized carbons (Fsp3) is 0.154. The normalized spacial score (nSPS) is 12.3. The van der Waals surface area contributed by atoms with Crippen molar-refractivity contribution in [2.24, 2.45) is 0 Å². The van der Waals surface area contributed by atoms with Crippen LogP contribution < -0.4 is 24.3 Å². The van der Waals surface area contributed by atoms with E-state index in [2.05, 4.69) is 5.32 Å². The molecule has 0 spiro atoms. The highest BCUT2D eigenvalue weighted by molar-refractivity contribution is 6.19. The minimum atomic E-state index is -0.427. The van der Waals surface area contributed by atoms with E-state index in [1.165, 1.54) is 14.2 Å². The van der Waals surface area contributed by atoms with Gasteiger partial charge in [-0.05, 0) is 48.5 Å². The van der Waals surface area contributed by atoms with Crippen molar-refractivity contribution in [1.29, 1.82) is 0 Å². The van der Waals surface area contributed by atoms with E-state index in [4.69, 9.17) is 23.4 Å². The number of fused-ring (bicyclic) bond motifs is 2. The predicted molar refractivity (Wildman–Crippen MR) is 125 cm³/mol. The number of anilines is 1. The van der Waals surface area contributed by atoms with Crippen molar-refractivity contribution in [3.63, 3.8) is 0 Å². The van der Waals surface area contributed by atoms with Crippen LogP contribution in [0, 0.1) is 0 Å². The van der Waals surface area contributed by atoms with Gasteiger partial charge in [-0.25, -0.2) is 0 Å². The molecule has 0 atom stereocenters. The number of nitrogens with one attached hydrogen (secondary N) is 1. The van der Waals surface area contributed by atoms with E-state index >= 15 is 0 Å². The molecule has 1 amide bonds. The summed E-state index contributed by atoms with van der Waals surface area (Å²) in [4.78, 5) is 26.6. The van der Waals surface area contributed by atoms with Gasteiger partial charge in [0.2, 0.25) is 5.78 Å². The zero-order valence-corrected chi connectivity index (χ0v) is 18.5. The SMILES string of the molecule is COc1ccc(C(=O)Nc2c(C(=O)c3ccc4c(c3)OCCO4)oc3ccccc23)cc1OC. The average Bonchev–Trinajstić information content (AvgIpc) is 3.25. The molecule has 3 aromatic carbocycles. The van der Waals surface area contributed by atoms with Gasteiger partial charge in [0, 0.05) is 16.5 Å². The number of carbonyl (C=O) groups excluding carboxylic acids is 2. The van der Waals surface area contributed by atoms with Gasteiger partial charge in [0.05, 0.1) is 19.9 Å². The van der Waals surface area contributed by atoms with Gasteiger partial charge >= 0.3 is 0 Å². The topological polar surface area (TPSA) is 96.2 Å². The Morgan fingerprint density at radius 1 is 0.824 bits per heavy atom. The minimum absolute atomic E-state index is 0.0201. The van der Waals surface area contributed by atoms with Crippen LogP contribution in [-0.2, 0) is 0 Å². The Labute approximate surface area is 195 Å². The van der Waals surface area contributed by atoms with Crippen LogP contribution in [0.2, 0.25) is 0 Å². The quantitative estimate of drug-likeness (QED) is 0.417. The van der Waals surface area contributed by atoms with Crippen LogP contribution in [0.4, 0.5) is 5.69 Å². The Hall–Kier alpha value is -4.46. The molecule has 0 bridgehead atoms. The largest absolute Gasteiger partial charge is 0.493 e. The van der Waals surface area contributed by atoms with Gasteiger partial charge in [-0.3, -0.25) is 9.59 Å². The summed E-state index contributed by atoms with van der Waals surface area (Å²) in [7, 11) is 3.01. The average molecular weight is 459 g/mol. The summed E-state index contributed by atoms with van der Waals surface area (Å²) in [6, 6.07) is 16.9. The second-order valence-electron chi connectivity index (χ2n) is 7.51. The Kier molecular flexibility index (Phi) is 5.55. The third-order valence-corrected chi connectivity index (χ3v) is 5.49. The lowest BCUT2D eigenvalue weighted by Crippen LogP contribution is -2.16. The summed E-state index contributed by atoms with van der Waals surface area (Å²) in [6.45, 7) is 0.859. The molecule has 0 fully saturated rings. The first kappa shape index (κ1) is 21.4. The summed E-state index contributed by atoms with van der Waals surface area (Å²) >= 11 is 0. The van der Waals surface area contributed by atoms with Crippen molar-refractivity contribution in [3.05, 3.63) is 77.6 Å². The first-order chi connectivity index (χ1) is 16.6. The molecule has 172 valence electrons. The summed E-state index contributed by atoms with van der Waals surface area (Å²) in [5.41, 5.74) is 1.45. The molecule has 0 aliphatic carbocycles. The van der Waals surface area contributed by atoms with Crippen molar-refractivity contribution in [2.45, 2.75) is 0 Å². The molecule has 5 rings (SSSR count). The van der Waals surface area contributed by atoms with E-state index in [9.17, 15) is 9.59 Å². The van der Waals surface area contributed by atoms with Crippen molar-refractivity contribution >= 4 is 28.3 Å². The van der Waals surface area contributed by atoms with Crippen LogP contribution in [-0.4, -0.2) is 39.1 Å². The van der Waals surface area contributed by atoms with Crippen LogP contribution in [0.15, 0.2) is 65.1 Å². The second-order valence-corrected chi connectivity index (χ2v) is 7.51. The number of hydrogen-bond acceptors (Lipinski definition) is 7. The van der Waals surface area contributed by atoms with Gasteiger partial charge in [-0.1, -0.05) is 12.1 Å². The van der Waals surface area contributed by atoms with Crippen molar-refractivity contribution in [1.82, 2.24) is 0 Å². The molecule has 2 heterocycles. The van der Waals surface area contributed by atoms with Crippen molar-refractivity contribution < 1.29 is 33.0 Å². The maximum Gasteiger partial charge on any atom is 0.255 e. The molecule has 34 heavy (non-hydrogen) atoms. The van der Waals surface area contributed by atoms with Crippen molar-refractivity contribution in [2.75, 3.05) is 32.8 Å². The number of benzene rings is 3. The Morgan fingerprint density at radius 2 is 1.56 bits per heavy atom. The maximum absolute atomic E-state index is 13.4. The first-order valence-corrected chi connectivity index (χ1v) is 10.6. The van der Waals surface area contributed by atoms with Gasteiger partial charge in [0.15, 0.2) is 28.8 Å². The highest BCUT2D eigenvalue weighted by Gasteiger charge is 2.25. The number of carbonyl (C=O) groups is 2. The maximum atomic E-state index is 13.4. The molecule has 0 radical (unpaired) electrons. The Balaban J connectivity index is 1.53. The molecule has 1 aromatic heterocycles. The highest BCUT2D eigenvalue weighted by atomic mass is 16.6. The van der Waals surface area contributed by atoms with E-state index < -0.39 is 11.7 Å². The molecule has 0 saturated heterocycles. The van der Waals surface area contributed by atoms with Crippen LogP contribution in [0.1, 0.15) is 26.5 Å². The molecular formula is C26H21NO7. The zero-order valence-electron chi connectivity index (χ0n) is 18.5. The number of methoxy groups -OCH3 is 2. The molecule has 0 saturated carbocycles.